The molecule has 0 spiro atoms. The van der Waals surface area contributed by atoms with E-state index in [1.54, 1.807) is 31.4 Å². The van der Waals surface area contributed by atoms with Gasteiger partial charge in [-0.25, -0.2) is 4.98 Å². The maximum Gasteiger partial charge on any atom is 0.262 e. The number of anilines is 1. The Bertz CT molecular complexity index is 1150. The van der Waals surface area contributed by atoms with E-state index in [0.29, 0.717) is 17.3 Å². The average molecular weight is 388 g/mol. The molecule has 1 amide bonds. The molecule has 0 aliphatic heterocycles. The van der Waals surface area contributed by atoms with Crippen molar-refractivity contribution in [1.29, 1.82) is 0 Å². The van der Waals surface area contributed by atoms with Gasteiger partial charge < -0.3 is 19.2 Å². The van der Waals surface area contributed by atoms with Crippen LogP contribution in [0.25, 0.3) is 22.6 Å². The lowest BCUT2D eigenvalue weighted by Gasteiger charge is -2.08. The average Bonchev–Trinajstić information content (AvgIpc) is 3.16. The second-order valence-corrected chi connectivity index (χ2v) is 6.58. The highest BCUT2D eigenvalue weighted by Crippen LogP contribution is 2.26. The van der Waals surface area contributed by atoms with Crippen molar-refractivity contribution < 1.29 is 18.7 Å². The Labute approximate surface area is 168 Å². The van der Waals surface area contributed by atoms with E-state index < -0.39 is 0 Å². The van der Waals surface area contributed by atoms with Crippen LogP contribution < -0.4 is 14.8 Å². The first kappa shape index (κ1) is 18.6. The summed E-state index contributed by atoms with van der Waals surface area (Å²) < 4.78 is 16.4. The zero-order valence-corrected chi connectivity index (χ0v) is 16.1. The number of nitrogens with zero attached hydrogens (tertiary/aromatic N) is 1. The number of fused-ring (bicyclic) bond motifs is 1. The number of carbonyl (C=O) groups is 1. The Morgan fingerprint density at radius 1 is 1.03 bits per heavy atom. The minimum Gasteiger partial charge on any atom is -0.497 e. The Balaban J connectivity index is 1.43. The fourth-order valence-corrected chi connectivity index (χ4v) is 2.91. The standard InChI is InChI=1S/C23H20N2O4/c1-15-6-11-21-20(12-15)25-23(29-21)16-4-3-5-17(13-16)24-22(26)14-28-19-9-7-18(27-2)8-10-19/h3-13H,14H2,1-2H3,(H,24,26). The van der Waals surface area contributed by atoms with Crippen LogP contribution in [0.2, 0.25) is 0 Å². The molecule has 0 saturated heterocycles. The maximum absolute atomic E-state index is 12.2. The molecular formula is C23H20N2O4. The summed E-state index contributed by atoms with van der Waals surface area (Å²) in [6.45, 7) is 1.91. The van der Waals surface area contributed by atoms with Gasteiger partial charge in [-0.15, -0.1) is 0 Å². The molecule has 4 aromatic rings. The van der Waals surface area contributed by atoms with Gasteiger partial charge in [-0.05, 0) is 67.1 Å². The minimum absolute atomic E-state index is 0.0985. The predicted octanol–water partition coefficient (Wildman–Crippen LogP) is 4.83. The highest BCUT2D eigenvalue weighted by atomic mass is 16.5. The molecule has 1 heterocycles. The van der Waals surface area contributed by atoms with Crippen LogP contribution in [0.1, 0.15) is 5.56 Å². The lowest BCUT2D eigenvalue weighted by Crippen LogP contribution is -2.20. The molecular weight excluding hydrogens is 368 g/mol. The van der Waals surface area contributed by atoms with Crippen LogP contribution >= 0.6 is 0 Å². The van der Waals surface area contributed by atoms with Crippen molar-refractivity contribution in [1.82, 2.24) is 4.98 Å². The van der Waals surface area contributed by atoms with Crippen LogP contribution in [0, 0.1) is 6.92 Å². The van der Waals surface area contributed by atoms with Crippen LogP contribution in [0.3, 0.4) is 0 Å². The number of ether oxygens (including phenoxy) is 2. The Morgan fingerprint density at radius 2 is 1.83 bits per heavy atom. The number of oxazole rings is 1. The van der Waals surface area contributed by atoms with E-state index in [2.05, 4.69) is 10.3 Å². The molecule has 0 aliphatic carbocycles. The lowest BCUT2D eigenvalue weighted by atomic mass is 10.2. The molecule has 3 aromatic carbocycles. The summed E-state index contributed by atoms with van der Waals surface area (Å²) in [6.07, 6.45) is 0. The first-order valence-electron chi connectivity index (χ1n) is 9.15. The zero-order chi connectivity index (χ0) is 20.2. The van der Waals surface area contributed by atoms with Gasteiger partial charge in [0.15, 0.2) is 12.2 Å². The van der Waals surface area contributed by atoms with Crippen LogP contribution in [0.5, 0.6) is 11.5 Å². The highest BCUT2D eigenvalue weighted by Gasteiger charge is 2.10. The summed E-state index contributed by atoms with van der Waals surface area (Å²) in [5.74, 6) is 1.58. The molecule has 1 N–H and O–H groups in total. The lowest BCUT2D eigenvalue weighted by molar-refractivity contribution is -0.118. The zero-order valence-electron chi connectivity index (χ0n) is 16.1. The first-order chi connectivity index (χ1) is 14.1. The van der Waals surface area contributed by atoms with Crippen LogP contribution in [-0.2, 0) is 4.79 Å². The number of hydrogen-bond acceptors (Lipinski definition) is 5. The molecule has 0 unspecified atom stereocenters. The number of methoxy groups -OCH3 is 1. The van der Waals surface area contributed by atoms with E-state index in [9.17, 15) is 4.79 Å². The third-order valence-corrected chi connectivity index (χ3v) is 4.37. The number of nitrogens with one attached hydrogen (secondary N) is 1. The van der Waals surface area contributed by atoms with Crippen LogP contribution in [0.15, 0.2) is 71.1 Å². The molecule has 0 radical (unpaired) electrons. The van der Waals surface area contributed by atoms with Gasteiger partial charge in [-0.2, -0.15) is 0 Å². The van der Waals surface area contributed by atoms with E-state index in [0.717, 1.165) is 28.0 Å². The second kappa shape index (κ2) is 8.06. The summed E-state index contributed by atoms with van der Waals surface area (Å²) in [5, 5.41) is 2.83. The predicted molar refractivity (Wildman–Crippen MR) is 111 cm³/mol. The molecule has 0 saturated carbocycles. The summed E-state index contributed by atoms with van der Waals surface area (Å²) in [6, 6.07) is 20.3. The van der Waals surface area contributed by atoms with E-state index in [1.807, 2.05) is 49.4 Å². The normalized spacial score (nSPS) is 10.7. The van der Waals surface area contributed by atoms with Crippen molar-refractivity contribution in [3.05, 3.63) is 72.3 Å². The van der Waals surface area contributed by atoms with Gasteiger partial charge in [0, 0.05) is 11.3 Å². The van der Waals surface area contributed by atoms with E-state index in [-0.39, 0.29) is 12.5 Å². The summed E-state index contributed by atoms with van der Waals surface area (Å²) >= 11 is 0. The van der Waals surface area contributed by atoms with Crippen LogP contribution in [-0.4, -0.2) is 24.6 Å². The van der Waals surface area contributed by atoms with Crippen molar-refractivity contribution in [2.45, 2.75) is 6.92 Å². The smallest absolute Gasteiger partial charge is 0.262 e. The Morgan fingerprint density at radius 3 is 2.62 bits per heavy atom. The highest BCUT2D eigenvalue weighted by molar-refractivity contribution is 5.92. The summed E-state index contributed by atoms with van der Waals surface area (Å²) in [7, 11) is 1.60. The molecule has 4 rings (SSSR count). The maximum atomic E-state index is 12.2. The van der Waals surface area contributed by atoms with Gasteiger partial charge in [-0.3, -0.25) is 4.79 Å². The second-order valence-electron chi connectivity index (χ2n) is 6.58. The van der Waals surface area contributed by atoms with E-state index in [1.165, 1.54) is 0 Å². The van der Waals surface area contributed by atoms with Gasteiger partial charge in [0.1, 0.15) is 17.0 Å². The first-order valence-corrected chi connectivity index (χ1v) is 9.15. The van der Waals surface area contributed by atoms with Crippen LogP contribution in [0.4, 0.5) is 5.69 Å². The quantitative estimate of drug-likeness (QED) is 0.512. The number of benzene rings is 3. The molecule has 0 atom stereocenters. The number of rotatable bonds is 6. The van der Waals surface area contributed by atoms with Gasteiger partial charge in [0.05, 0.1) is 7.11 Å². The van der Waals surface area contributed by atoms with Crippen molar-refractivity contribution in [2.75, 3.05) is 19.0 Å². The molecule has 6 nitrogen and oxygen atoms in total. The largest absolute Gasteiger partial charge is 0.497 e. The van der Waals surface area contributed by atoms with Crippen molar-refractivity contribution in [3.63, 3.8) is 0 Å². The number of hydrogen-bond donors (Lipinski definition) is 1. The van der Waals surface area contributed by atoms with Crippen molar-refractivity contribution in [2.24, 2.45) is 0 Å². The molecule has 1 aromatic heterocycles. The Kier molecular flexibility index (Phi) is 5.16. The third-order valence-electron chi connectivity index (χ3n) is 4.37. The summed E-state index contributed by atoms with van der Waals surface area (Å²) in [5.41, 5.74) is 4.09. The topological polar surface area (TPSA) is 73.6 Å². The molecule has 0 fully saturated rings. The van der Waals surface area contributed by atoms with Gasteiger partial charge in [-0.1, -0.05) is 12.1 Å². The fourth-order valence-electron chi connectivity index (χ4n) is 2.91. The number of aryl methyl sites for hydroxylation is 1. The minimum atomic E-state index is -0.258. The van der Waals surface area contributed by atoms with E-state index >= 15 is 0 Å². The molecule has 146 valence electrons. The SMILES string of the molecule is COc1ccc(OCC(=O)Nc2cccc(-c3nc4cc(C)ccc4o3)c2)cc1. The number of aromatic nitrogens is 1. The van der Waals surface area contributed by atoms with Gasteiger partial charge in [0.25, 0.3) is 5.91 Å². The van der Waals surface area contributed by atoms with E-state index in [4.69, 9.17) is 13.9 Å². The third kappa shape index (κ3) is 4.38. The fraction of sp³-hybridized carbons (Fsp3) is 0.130. The number of carbonyl (C=O) groups excluding carboxylic acids is 1. The Hall–Kier alpha value is -3.80. The monoisotopic (exact) mass is 388 g/mol. The molecule has 6 heteroatoms. The molecule has 0 aliphatic rings. The summed E-state index contributed by atoms with van der Waals surface area (Å²) in [4.78, 5) is 16.8. The van der Waals surface area contributed by atoms with Gasteiger partial charge >= 0.3 is 0 Å². The number of amides is 1. The van der Waals surface area contributed by atoms with Crippen molar-refractivity contribution >= 4 is 22.7 Å². The molecule has 0 bridgehead atoms. The van der Waals surface area contributed by atoms with Crippen molar-refractivity contribution in [3.8, 4) is 23.0 Å². The molecule has 29 heavy (non-hydrogen) atoms. The van der Waals surface area contributed by atoms with Gasteiger partial charge in [0.2, 0.25) is 5.89 Å².